The standard InChI is InChI=1S/C54H35NO/c1-4-14-45-37(11-1)21-22-41-33-39(27-32-48(41)45)36-23-28-43(29-24-36)55(52-34-40-12-2-5-16-47(40)49-17-7-8-18-50(49)52)44-30-25-38(26-31-44)46-15-6-9-19-51(46)54-35-42-13-3-10-20-53(42)56-54/h1-35H. The van der Waals surface area contributed by atoms with Gasteiger partial charge in [0.05, 0.1) is 5.69 Å². The van der Waals surface area contributed by atoms with Crippen molar-refractivity contribution in [2.45, 2.75) is 0 Å². The highest BCUT2D eigenvalue weighted by Crippen LogP contribution is 2.44. The van der Waals surface area contributed by atoms with Crippen LogP contribution in [-0.4, -0.2) is 0 Å². The van der Waals surface area contributed by atoms with Gasteiger partial charge in [0, 0.05) is 27.7 Å². The number of anilines is 3. The van der Waals surface area contributed by atoms with Gasteiger partial charge < -0.3 is 9.32 Å². The summed E-state index contributed by atoms with van der Waals surface area (Å²) in [5.41, 5.74) is 9.94. The molecule has 11 rings (SSSR count). The topological polar surface area (TPSA) is 16.4 Å². The van der Waals surface area contributed by atoms with Crippen LogP contribution in [-0.2, 0) is 0 Å². The van der Waals surface area contributed by atoms with Crippen LogP contribution in [0.3, 0.4) is 0 Å². The average Bonchev–Trinajstić information content (AvgIpc) is 3.71. The van der Waals surface area contributed by atoms with E-state index < -0.39 is 0 Å². The Morgan fingerprint density at radius 1 is 0.304 bits per heavy atom. The highest BCUT2D eigenvalue weighted by Gasteiger charge is 2.19. The molecule has 262 valence electrons. The van der Waals surface area contributed by atoms with Crippen molar-refractivity contribution in [1.82, 2.24) is 0 Å². The molecular weight excluding hydrogens is 679 g/mol. The first kappa shape index (κ1) is 32.0. The molecule has 0 aliphatic heterocycles. The largest absolute Gasteiger partial charge is 0.456 e. The molecular formula is C54H35NO. The van der Waals surface area contributed by atoms with E-state index >= 15 is 0 Å². The first-order chi connectivity index (χ1) is 27.7. The van der Waals surface area contributed by atoms with Crippen molar-refractivity contribution in [3.63, 3.8) is 0 Å². The lowest BCUT2D eigenvalue weighted by molar-refractivity contribution is 0.632. The van der Waals surface area contributed by atoms with Crippen LogP contribution in [0.1, 0.15) is 0 Å². The molecule has 0 fully saturated rings. The van der Waals surface area contributed by atoms with Crippen molar-refractivity contribution < 1.29 is 4.42 Å². The molecule has 2 nitrogen and oxygen atoms in total. The third-order valence-electron chi connectivity index (χ3n) is 11.2. The molecule has 2 heteroatoms. The summed E-state index contributed by atoms with van der Waals surface area (Å²) in [6, 6.07) is 76.5. The molecule has 0 saturated heterocycles. The van der Waals surface area contributed by atoms with Crippen LogP contribution >= 0.6 is 0 Å². The SMILES string of the molecule is c1ccc(-c2cc3ccccc3o2)c(-c2ccc(N(c3ccc(-c4ccc5c(ccc6ccccc65)c4)cc3)c3cc4ccccc4c4ccccc34)cc2)c1. The fourth-order valence-corrected chi connectivity index (χ4v) is 8.50. The molecule has 0 bridgehead atoms. The van der Waals surface area contributed by atoms with E-state index in [2.05, 4.69) is 205 Å². The van der Waals surface area contributed by atoms with Gasteiger partial charge in [0.25, 0.3) is 0 Å². The van der Waals surface area contributed by atoms with Gasteiger partial charge in [0.15, 0.2) is 0 Å². The molecule has 56 heavy (non-hydrogen) atoms. The molecule has 0 amide bonds. The Balaban J connectivity index is 1.03. The van der Waals surface area contributed by atoms with Crippen molar-refractivity contribution in [1.29, 1.82) is 0 Å². The van der Waals surface area contributed by atoms with Crippen LogP contribution in [0.4, 0.5) is 17.1 Å². The minimum atomic E-state index is 0.870. The van der Waals surface area contributed by atoms with E-state index in [1.54, 1.807) is 0 Å². The van der Waals surface area contributed by atoms with Crippen molar-refractivity contribution >= 4 is 71.1 Å². The molecule has 0 spiro atoms. The Labute approximate surface area is 325 Å². The zero-order valence-electron chi connectivity index (χ0n) is 30.6. The Morgan fingerprint density at radius 2 is 0.821 bits per heavy atom. The molecule has 0 N–H and O–H groups in total. The summed E-state index contributed by atoms with van der Waals surface area (Å²) in [4.78, 5) is 2.40. The van der Waals surface area contributed by atoms with Gasteiger partial charge in [-0.15, -0.1) is 0 Å². The number of fused-ring (bicyclic) bond motifs is 7. The van der Waals surface area contributed by atoms with Gasteiger partial charge in [-0.05, 0) is 108 Å². The smallest absolute Gasteiger partial charge is 0.136 e. The summed E-state index contributed by atoms with van der Waals surface area (Å²) in [6.45, 7) is 0. The lowest BCUT2D eigenvalue weighted by Crippen LogP contribution is -2.10. The molecule has 1 aromatic heterocycles. The van der Waals surface area contributed by atoms with E-state index in [-0.39, 0.29) is 0 Å². The number of nitrogens with zero attached hydrogens (tertiary/aromatic N) is 1. The van der Waals surface area contributed by atoms with Gasteiger partial charge in [-0.1, -0.05) is 164 Å². The van der Waals surface area contributed by atoms with Gasteiger partial charge in [0.1, 0.15) is 11.3 Å². The second kappa shape index (κ2) is 13.2. The van der Waals surface area contributed by atoms with Gasteiger partial charge in [-0.3, -0.25) is 0 Å². The van der Waals surface area contributed by atoms with Crippen LogP contribution in [0.25, 0.3) is 87.6 Å². The number of rotatable bonds is 6. The third kappa shape index (κ3) is 5.42. The zero-order chi connectivity index (χ0) is 37.0. The molecule has 0 saturated carbocycles. The highest BCUT2D eigenvalue weighted by atomic mass is 16.3. The van der Waals surface area contributed by atoms with E-state index in [1.165, 1.54) is 54.2 Å². The van der Waals surface area contributed by atoms with Crippen molar-refractivity contribution in [2.75, 3.05) is 4.90 Å². The fourth-order valence-electron chi connectivity index (χ4n) is 8.50. The summed E-state index contributed by atoms with van der Waals surface area (Å²) < 4.78 is 6.34. The second-order valence-corrected chi connectivity index (χ2v) is 14.5. The van der Waals surface area contributed by atoms with E-state index in [0.717, 1.165) is 50.5 Å². The van der Waals surface area contributed by atoms with Crippen LogP contribution in [0.5, 0.6) is 0 Å². The van der Waals surface area contributed by atoms with E-state index in [4.69, 9.17) is 4.42 Å². The van der Waals surface area contributed by atoms with E-state index in [9.17, 15) is 0 Å². The van der Waals surface area contributed by atoms with Gasteiger partial charge in [0.2, 0.25) is 0 Å². The maximum atomic E-state index is 6.34. The summed E-state index contributed by atoms with van der Waals surface area (Å²) in [5.74, 6) is 0.870. The summed E-state index contributed by atoms with van der Waals surface area (Å²) >= 11 is 0. The van der Waals surface area contributed by atoms with Crippen LogP contribution in [0, 0.1) is 0 Å². The molecule has 0 aliphatic rings. The molecule has 10 aromatic carbocycles. The van der Waals surface area contributed by atoms with Gasteiger partial charge >= 0.3 is 0 Å². The monoisotopic (exact) mass is 713 g/mol. The van der Waals surface area contributed by atoms with Crippen LogP contribution in [0.2, 0.25) is 0 Å². The maximum absolute atomic E-state index is 6.34. The number of para-hydroxylation sites is 1. The predicted octanol–water partition coefficient (Wildman–Crippen LogP) is 15.5. The zero-order valence-corrected chi connectivity index (χ0v) is 30.6. The van der Waals surface area contributed by atoms with Crippen LogP contribution < -0.4 is 4.90 Å². The molecule has 0 unspecified atom stereocenters. The molecule has 0 aliphatic carbocycles. The number of hydrogen-bond acceptors (Lipinski definition) is 2. The second-order valence-electron chi connectivity index (χ2n) is 14.5. The minimum Gasteiger partial charge on any atom is -0.456 e. The lowest BCUT2D eigenvalue weighted by Gasteiger charge is -2.28. The normalized spacial score (nSPS) is 11.6. The number of hydrogen-bond donors (Lipinski definition) is 0. The minimum absolute atomic E-state index is 0.870. The highest BCUT2D eigenvalue weighted by molar-refractivity contribution is 6.14. The number of furan rings is 1. The van der Waals surface area contributed by atoms with E-state index in [0.29, 0.717) is 0 Å². The Hall–Kier alpha value is -7.42. The first-order valence-corrected chi connectivity index (χ1v) is 19.2. The average molecular weight is 714 g/mol. The predicted molar refractivity (Wildman–Crippen MR) is 237 cm³/mol. The summed E-state index contributed by atoms with van der Waals surface area (Å²) in [7, 11) is 0. The van der Waals surface area contributed by atoms with Crippen molar-refractivity contribution in [3.05, 3.63) is 212 Å². The maximum Gasteiger partial charge on any atom is 0.136 e. The third-order valence-corrected chi connectivity index (χ3v) is 11.2. The Morgan fingerprint density at radius 3 is 1.57 bits per heavy atom. The quantitative estimate of drug-likeness (QED) is 0.160. The Kier molecular flexibility index (Phi) is 7.53. The first-order valence-electron chi connectivity index (χ1n) is 19.2. The molecule has 0 radical (unpaired) electrons. The van der Waals surface area contributed by atoms with Gasteiger partial charge in [-0.25, -0.2) is 0 Å². The molecule has 0 atom stereocenters. The Bertz CT molecular complexity index is 3210. The summed E-state index contributed by atoms with van der Waals surface area (Å²) in [6.07, 6.45) is 0. The number of benzene rings is 10. The van der Waals surface area contributed by atoms with E-state index in [1.807, 2.05) is 12.1 Å². The fraction of sp³-hybridized carbons (Fsp3) is 0. The lowest BCUT2D eigenvalue weighted by atomic mass is 9.96. The van der Waals surface area contributed by atoms with Crippen LogP contribution in [0.15, 0.2) is 217 Å². The van der Waals surface area contributed by atoms with Crippen molar-refractivity contribution in [2.24, 2.45) is 0 Å². The summed E-state index contributed by atoms with van der Waals surface area (Å²) in [5, 5.41) is 11.1. The van der Waals surface area contributed by atoms with Gasteiger partial charge in [-0.2, -0.15) is 0 Å². The molecule has 1 heterocycles. The van der Waals surface area contributed by atoms with Crippen molar-refractivity contribution in [3.8, 4) is 33.6 Å². The molecule has 11 aromatic rings.